The quantitative estimate of drug-likeness (QED) is 0.684. The Morgan fingerprint density at radius 2 is 1.89 bits per heavy atom. The smallest absolute Gasteiger partial charge is 0.272 e. The predicted molar refractivity (Wildman–Crippen MR) is 104 cm³/mol. The maximum absolute atomic E-state index is 12.6. The molecular formula is C17H28N6O3S. The fourth-order valence-electron chi connectivity index (χ4n) is 2.66. The second-order valence-corrected chi connectivity index (χ2v) is 8.45. The lowest BCUT2D eigenvalue weighted by atomic mass is 10.4. The molecule has 0 aliphatic rings. The van der Waals surface area contributed by atoms with E-state index in [1.807, 2.05) is 19.0 Å². The molecule has 9 nitrogen and oxygen atoms in total. The highest BCUT2D eigenvalue weighted by atomic mass is 32.2. The molecule has 0 bridgehead atoms. The first-order valence-electron chi connectivity index (χ1n) is 8.84. The Hall–Kier alpha value is -2.17. The number of nitrogens with zero attached hydrogens (tertiary/aromatic N) is 5. The number of likely N-dealkylation sites (N-methyl/N-ethyl adjacent to an activating group) is 1. The largest absolute Gasteiger partial charge is 0.345 e. The minimum atomic E-state index is -3.61. The molecule has 2 rings (SSSR count). The summed E-state index contributed by atoms with van der Waals surface area (Å²) < 4.78 is 29.9. The summed E-state index contributed by atoms with van der Waals surface area (Å²) in [6.45, 7) is 5.86. The summed E-state index contributed by atoms with van der Waals surface area (Å²) in [6, 6.07) is 1.40. The number of carbonyl (C=O) groups excluding carboxylic acids is 1. The SMILES string of the molecule is CCN(CC)S(=O)(=O)c1cc(C(=O)Nc2cnn(CCN(C)C)c2)n(C)c1. The van der Waals surface area contributed by atoms with Gasteiger partial charge in [0.05, 0.1) is 18.4 Å². The van der Waals surface area contributed by atoms with Crippen LogP contribution in [0, 0.1) is 0 Å². The first-order valence-corrected chi connectivity index (χ1v) is 10.3. The average Bonchev–Trinajstić information content (AvgIpc) is 3.20. The lowest BCUT2D eigenvalue weighted by Gasteiger charge is -2.17. The first kappa shape index (κ1) is 21.1. The first-order chi connectivity index (χ1) is 12.7. The molecule has 0 spiro atoms. The third kappa shape index (κ3) is 4.96. The minimum absolute atomic E-state index is 0.112. The Morgan fingerprint density at radius 3 is 2.48 bits per heavy atom. The van der Waals surface area contributed by atoms with Gasteiger partial charge in [0.25, 0.3) is 5.91 Å². The zero-order chi connectivity index (χ0) is 20.2. The summed E-state index contributed by atoms with van der Waals surface area (Å²) in [6.07, 6.45) is 4.78. The molecule has 0 fully saturated rings. The van der Waals surface area contributed by atoms with Crippen molar-refractivity contribution in [2.75, 3.05) is 39.0 Å². The third-order valence-electron chi connectivity index (χ3n) is 4.22. The summed E-state index contributed by atoms with van der Waals surface area (Å²) >= 11 is 0. The molecule has 2 aromatic rings. The van der Waals surface area contributed by atoms with E-state index in [1.165, 1.54) is 21.1 Å². The Labute approximate surface area is 160 Å². The molecule has 0 atom stereocenters. The van der Waals surface area contributed by atoms with E-state index in [1.54, 1.807) is 38.0 Å². The predicted octanol–water partition coefficient (Wildman–Crippen LogP) is 1.07. The van der Waals surface area contributed by atoms with Crippen LogP contribution in [-0.4, -0.2) is 71.6 Å². The molecule has 1 N–H and O–H groups in total. The van der Waals surface area contributed by atoms with E-state index < -0.39 is 10.0 Å². The number of sulfonamides is 1. The van der Waals surface area contributed by atoms with Gasteiger partial charge < -0.3 is 14.8 Å². The highest BCUT2D eigenvalue weighted by Gasteiger charge is 2.25. The molecule has 2 aromatic heterocycles. The lowest BCUT2D eigenvalue weighted by molar-refractivity contribution is 0.101. The van der Waals surface area contributed by atoms with Gasteiger partial charge in [-0.3, -0.25) is 9.48 Å². The van der Waals surface area contributed by atoms with E-state index >= 15 is 0 Å². The number of rotatable bonds is 9. The van der Waals surface area contributed by atoms with Crippen LogP contribution in [0.5, 0.6) is 0 Å². The molecule has 0 unspecified atom stereocenters. The van der Waals surface area contributed by atoms with Crippen molar-refractivity contribution in [2.45, 2.75) is 25.3 Å². The van der Waals surface area contributed by atoms with E-state index in [4.69, 9.17) is 0 Å². The molecule has 0 radical (unpaired) electrons. The van der Waals surface area contributed by atoms with Crippen LogP contribution in [0.25, 0.3) is 0 Å². The second-order valence-electron chi connectivity index (χ2n) is 6.51. The van der Waals surface area contributed by atoms with Crippen molar-refractivity contribution in [1.29, 1.82) is 0 Å². The van der Waals surface area contributed by atoms with Crippen molar-refractivity contribution in [3.05, 3.63) is 30.4 Å². The molecule has 0 aliphatic carbocycles. The number of aromatic nitrogens is 3. The number of amides is 1. The van der Waals surface area contributed by atoms with Gasteiger partial charge in [-0.25, -0.2) is 8.42 Å². The van der Waals surface area contributed by atoms with E-state index in [9.17, 15) is 13.2 Å². The molecule has 27 heavy (non-hydrogen) atoms. The van der Waals surface area contributed by atoms with Crippen LogP contribution in [-0.2, 0) is 23.6 Å². The molecule has 10 heteroatoms. The lowest BCUT2D eigenvalue weighted by Crippen LogP contribution is -2.30. The molecule has 1 amide bonds. The Kier molecular flexibility index (Phi) is 6.79. The standard InChI is InChI=1S/C17H28N6O3S/c1-6-23(7-2)27(25,26)15-10-16(21(5)13-15)17(24)19-14-11-18-22(12-14)9-8-20(3)4/h10-13H,6-9H2,1-5H3,(H,19,24). The number of anilines is 1. The Morgan fingerprint density at radius 1 is 1.22 bits per heavy atom. The van der Waals surface area contributed by atoms with Crippen molar-refractivity contribution < 1.29 is 13.2 Å². The zero-order valence-electron chi connectivity index (χ0n) is 16.5. The van der Waals surface area contributed by atoms with E-state index in [0.717, 1.165) is 6.54 Å². The second kappa shape index (κ2) is 8.68. The number of nitrogens with one attached hydrogen (secondary N) is 1. The van der Waals surface area contributed by atoms with Crippen molar-refractivity contribution in [2.24, 2.45) is 7.05 Å². The maximum atomic E-state index is 12.6. The van der Waals surface area contributed by atoms with Crippen molar-refractivity contribution in [3.63, 3.8) is 0 Å². The van der Waals surface area contributed by atoms with Gasteiger partial charge in [0.1, 0.15) is 10.6 Å². The average molecular weight is 397 g/mol. The van der Waals surface area contributed by atoms with Gasteiger partial charge in [0.2, 0.25) is 10.0 Å². The highest BCUT2D eigenvalue weighted by molar-refractivity contribution is 7.89. The van der Waals surface area contributed by atoms with Crippen molar-refractivity contribution in [3.8, 4) is 0 Å². The van der Waals surface area contributed by atoms with E-state index in [2.05, 4.69) is 10.4 Å². The van der Waals surface area contributed by atoms with Crippen molar-refractivity contribution in [1.82, 2.24) is 23.6 Å². The summed E-state index contributed by atoms with van der Waals surface area (Å²) in [5, 5.41) is 6.98. The number of aryl methyl sites for hydroxylation is 1. The van der Waals surface area contributed by atoms with Crippen LogP contribution in [0.1, 0.15) is 24.3 Å². The Bertz CT molecular complexity index is 880. The summed E-state index contributed by atoms with van der Waals surface area (Å²) in [7, 11) is 2.00. The summed E-state index contributed by atoms with van der Waals surface area (Å²) in [5.41, 5.74) is 0.829. The molecule has 0 saturated heterocycles. The maximum Gasteiger partial charge on any atom is 0.272 e. The molecule has 150 valence electrons. The van der Waals surface area contributed by atoms with E-state index in [0.29, 0.717) is 25.3 Å². The van der Waals surface area contributed by atoms with Gasteiger partial charge in [0, 0.05) is 39.1 Å². The molecule has 0 saturated carbocycles. The van der Waals surface area contributed by atoms with Crippen LogP contribution < -0.4 is 5.32 Å². The van der Waals surface area contributed by atoms with Gasteiger partial charge >= 0.3 is 0 Å². The van der Waals surface area contributed by atoms with Crippen LogP contribution in [0.15, 0.2) is 29.6 Å². The minimum Gasteiger partial charge on any atom is -0.345 e. The fraction of sp³-hybridized carbons (Fsp3) is 0.529. The number of hydrogen-bond donors (Lipinski definition) is 1. The van der Waals surface area contributed by atoms with Gasteiger partial charge in [-0.2, -0.15) is 9.40 Å². The molecule has 0 aliphatic heterocycles. The van der Waals surface area contributed by atoms with Crippen molar-refractivity contribution >= 4 is 21.6 Å². The van der Waals surface area contributed by atoms with Gasteiger partial charge in [-0.1, -0.05) is 13.8 Å². The van der Waals surface area contributed by atoms with Crippen LogP contribution in [0.2, 0.25) is 0 Å². The normalized spacial score (nSPS) is 12.1. The topological polar surface area (TPSA) is 92.5 Å². The summed E-state index contributed by atoms with van der Waals surface area (Å²) in [4.78, 5) is 14.7. The fourth-order valence-corrected chi connectivity index (χ4v) is 4.19. The molecule has 2 heterocycles. The van der Waals surface area contributed by atoms with Gasteiger partial charge in [-0.15, -0.1) is 0 Å². The van der Waals surface area contributed by atoms with E-state index in [-0.39, 0.29) is 16.5 Å². The van der Waals surface area contributed by atoms with Crippen LogP contribution in [0.4, 0.5) is 5.69 Å². The highest BCUT2D eigenvalue weighted by Crippen LogP contribution is 2.19. The third-order valence-corrected chi connectivity index (χ3v) is 6.24. The van der Waals surface area contributed by atoms with Crippen LogP contribution >= 0.6 is 0 Å². The number of hydrogen-bond acceptors (Lipinski definition) is 5. The molecule has 0 aromatic carbocycles. The summed E-state index contributed by atoms with van der Waals surface area (Å²) in [5.74, 6) is -0.384. The van der Waals surface area contributed by atoms with Crippen LogP contribution in [0.3, 0.4) is 0 Å². The molecular weight excluding hydrogens is 368 g/mol. The van der Waals surface area contributed by atoms with Gasteiger partial charge in [-0.05, 0) is 20.2 Å². The zero-order valence-corrected chi connectivity index (χ0v) is 17.3. The Balaban J connectivity index is 2.15. The monoisotopic (exact) mass is 396 g/mol. The number of carbonyl (C=O) groups is 1. The van der Waals surface area contributed by atoms with Gasteiger partial charge in [0.15, 0.2) is 0 Å².